The summed E-state index contributed by atoms with van der Waals surface area (Å²) in [6.45, 7) is 6.73. The molecule has 0 aliphatic carbocycles. The van der Waals surface area contributed by atoms with Crippen molar-refractivity contribution in [1.29, 1.82) is 0 Å². The molecule has 2 rings (SSSR count). The van der Waals surface area contributed by atoms with Gasteiger partial charge < -0.3 is 9.84 Å². The summed E-state index contributed by atoms with van der Waals surface area (Å²) in [5, 5.41) is 11.8. The number of nitroso groups, excluding NO2 is 1. The van der Waals surface area contributed by atoms with E-state index in [0.717, 1.165) is 11.1 Å². The molecule has 0 heterocycles. The molecule has 0 fully saturated rings. The number of carbonyl (C=O) groups excluding carboxylic acids is 1. The number of hydrogen-bond donors (Lipinski definition) is 1. The molecule has 1 amide bonds. The van der Waals surface area contributed by atoms with Crippen molar-refractivity contribution in [2.24, 2.45) is 16.0 Å². The van der Waals surface area contributed by atoms with Crippen molar-refractivity contribution in [2.75, 3.05) is 0 Å². The van der Waals surface area contributed by atoms with Crippen LogP contribution in [-0.4, -0.2) is 17.0 Å². The number of hydrogen-bond acceptors (Lipinski definition) is 4. The molecule has 148 valence electrons. The molecular formula is C22H25NO5. The molecule has 0 bridgehead atoms. The summed E-state index contributed by atoms with van der Waals surface area (Å²) < 4.78 is 5.92. The fraction of sp³-hybridized carbons (Fsp3) is 0.364. The van der Waals surface area contributed by atoms with Gasteiger partial charge >= 0.3 is 5.97 Å². The molecule has 2 aromatic carbocycles. The summed E-state index contributed by atoms with van der Waals surface area (Å²) in [4.78, 5) is 33.6. The van der Waals surface area contributed by atoms with Crippen molar-refractivity contribution in [3.8, 4) is 11.5 Å². The summed E-state index contributed by atoms with van der Waals surface area (Å²) in [6, 6.07) is 14.6. The smallest absolute Gasteiger partial charge is 0.309 e. The van der Waals surface area contributed by atoms with Gasteiger partial charge in [-0.25, -0.2) is 0 Å². The highest BCUT2D eigenvalue weighted by atomic mass is 16.5. The molecule has 0 saturated carbocycles. The number of aliphatic carboxylic acids is 1. The molecule has 0 aliphatic heterocycles. The molecule has 0 spiro atoms. The minimum absolute atomic E-state index is 0.363. The van der Waals surface area contributed by atoms with Crippen LogP contribution in [0.1, 0.15) is 38.8 Å². The van der Waals surface area contributed by atoms with Crippen LogP contribution in [-0.2, 0) is 22.4 Å². The van der Waals surface area contributed by atoms with Crippen LogP contribution in [0.4, 0.5) is 0 Å². The van der Waals surface area contributed by atoms with Crippen molar-refractivity contribution in [3.05, 3.63) is 64.6 Å². The number of amides is 1. The monoisotopic (exact) mass is 383 g/mol. The maximum absolute atomic E-state index is 11.7. The number of carbonyl (C=O) groups is 2. The van der Waals surface area contributed by atoms with Crippen LogP contribution >= 0.6 is 0 Å². The predicted molar refractivity (Wildman–Crippen MR) is 106 cm³/mol. The largest absolute Gasteiger partial charge is 0.481 e. The van der Waals surface area contributed by atoms with E-state index in [-0.39, 0.29) is 0 Å². The van der Waals surface area contributed by atoms with Crippen molar-refractivity contribution in [1.82, 2.24) is 0 Å². The summed E-state index contributed by atoms with van der Waals surface area (Å²) in [7, 11) is 0. The molecular weight excluding hydrogens is 358 g/mol. The molecule has 0 aliphatic rings. The highest BCUT2D eigenvalue weighted by Gasteiger charge is 2.29. The fourth-order valence-corrected chi connectivity index (χ4v) is 2.87. The maximum Gasteiger partial charge on any atom is 0.309 e. The van der Waals surface area contributed by atoms with Gasteiger partial charge in [-0.15, -0.1) is 4.91 Å². The third-order valence-electron chi connectivity index (χ3n) is 4.57. The molecule has 1 N–H and O–H groups in total. The molecule has 2 aromatic rings. The second-order valence-electron chi connectivity index (χ2n) is 8.22. The standard InChI is InChI=1S/C22H25NO5/c1-21(2,19(24)23-27)13-15-7-5-9-17(11-15)28-18-10-6-8-16(12-18)14-22(3,4)20(25)26/h5-12H,13-14H2,1-4H3,(H,25,26). The van der Waals surface area contributed by atoms with Gasteiger partial charge in [0, 0.05) is 5.18 Å². The molecule has 6 nitrogen and oxygen atoms in total. The minimum Gasteiger partial charge on any atom is -0.481 e. The van der Waals surface area contributed by atoms with Crippen LogP contribution in [0.5, 0.6) is 11.5 Å². The quantitative estimate of drug-likeness (QED) is 0.648. The van der Waals surface area contributed by atoms with Gasteiger partial charge in [0.2, 0.25) is 0 Å². The highest BCUT2D eigenvalue weighted by Crippen LogP contribution is 2.29. The Balaban J connectivity index is 2.16. The van der Waals surface area contributed by atoms with E-state index in [1.165, 1.54) is 0 Å². The zero-order valence-electron chi connectivity index (χ0n) is 16.6. The lowest BCUT2D eigenvalue weighted by Crippen LogP contribution is -2.26. The number of nitrogens with zero attached hydrogens (tertiary/aromatic N) is 1. The Morgan fingerprint density at radius 3 is 1.79 bits per heavy atom. The van der Waals surface area contributed by atoms with E-state index in [1.807, 2.05) is 36.4 Å². The van der Waals surface area contributed by atoms with E-state index < -0.39 is 22.7 Å². The molecule has 0 radical (unpaired) electrons. The van der Waals surface area contributed by atoms with Crippen LogP contribution in [0.25, 0.3) is 0 Å². The number of benzene rings is 2. The zero-order valence-corrected chi connectivity index (χ0v) is 16.6. The summed E-state index contributed by atoms with van der Waals surface area (Å²) in [6.07, 6.45) is 0.746. The van der Waals surface area contributed by atoms with Gasteiger partial charge in [0.1, 0.15) is 11.5 Å². The van der Waals surface area contributed by atoms with Crippen molar-refractivity contribution >= 4 is 11.9 Å². The number of ether oxygens (including phenoxy) is 1. The van der Waals surface area contributed by atoms with Crippen LogP contribution in [0.3, 0.4) is 0 Å². The van der Waals surface area contributed by atoms with Crippen molar-refractivity contribution in [2.45, 2.75) is 40.5 Å². The number of rotatable bonds is 8. The minimum atomic E-state index is -0.886. The Bertz CT molecular complexity index is 886. The molecule has 6 heteroatoms. The molecule has 0 aromatic heterocycles. The van der Waals surface area contributed by atoms with Crippen LogP contribution < -0.4 is 4.74 Å². The summed E-state index contributed by atoms with van der Waals surface area (Å²) in [5.74, 6) is -0.351. The average Bonchev–Trinajstić information content (AvgIpc) is 2.60. The summed E-state index contributed by atoms with van der Waals surface area (Å²) >= 11 is 0. The Labute approximate surface area is 164 Å². The fourth-order valence-electron chi connectivity index (χ4n) is 2.87. The van der Waals surface area contributed by atoms with Gasteiger partial charge in [0.15, 0.2) is 0 Å². The first-order valence-corrected chi connectivity index (χ1v) is 9.00. The molecule has 0 unspecified atom stereocenters. The van der Waals surface area contributed by atoms with Gasteiger partial charge in [-0.2, -0.15) is 0 Å². The first-order valence-electron chi connectivity index (χ1n) is 9.00. The van der Waals surface area contributed by atoms with Gasteiger partial charge in [-0.3, -0.25) is 9.59 Å². The normalized spacial score (nSPS) is 11.7. The average molecular weight is 383 g/mol. The van der Waals surface area contributed by atoms with E-state index in [0.29, 0.717) is 24.3 Å². The first kappa shape index (κ1) is 21.3. The first-order chi connectivity index (χ1) is 13.0. The van der Waals surface area contributed by atoms with E-state index in [9.17, 15) is 19.6 Å². The third-order valence-corrected chi connectivity index (χ3v) is 4.57. The molecule has 28 heavy (non-hydrogen) atoms. The van der Waals surface area contributed by atoms with Crippen LogP contribution in [0, 0.1) is 15.7 Å². The second-order valence-corrected chi connectivity index (χ2v) is 8.22. The van der Waals surface area contributed by atoms with Gasteiger partial charge in [0.05, 0.1) is 10.8 Å². The highest BCUT2D eigenvalue weighted by molar-refractivity contribution is 5.82. The Hall–Kier alpha value is -3.02. The zero-order chi connectivity index (χ0) is 20.9. The van der Waals surface area contributed by atoms with Gasteiger partial charge in [-0.1, -0.05) is 38.1 Å². The lowest BCUT2D eigenvalue weighted by molar-refractivity contribution is -0.146. The maximum atomic E-state index is 11.7. The van der Waals surface area contributed by atoms with E-state index >= 15 is 0 Å². The second kappa shape index (κ2) is 8.33. The molecule has 0 atom stereocenters. The predicted octanol–water partition coefficient (Wildman–Crippen LogP) is 4.99. The van der Waals surface area contributed by atoms with Gasteiger partial charge in [0.25, 0.3) is 5.91 Å². The van der Waals surface area contributed by atoms with Crippen molar-refractivity contribution < 1.29 is 19.4 Å². The van der Waals surface area contributed by atoms with Crippen LogP contribution in [0.2, 0.25) is 0 Å². The van der Waals surface area contributed by atoms with E-state index in [2.05, 4.69) is 5.18 Å². The number of carboxylic acid groups (broad SMARTS) is 1. The molecule has 0 saturated heterocycles. The topological polar surface area (TPSA) is 93.0 Å². The SMILES string of the molecule is CC(C)(Cc1cccc(Oc2cccc(CC(C)(C)C(=O)N=O)c2)c1)C(=O)O. The Morgan fingerprint density at radius 2 is 1.36 bits per heavy atom. The summed E-state index contributed by atoms with van der Waals surface area (Å²) in [5.41, 5.74) is -0.0427. The Kier molecular flexibility index (Phi) is 6.33. The lowest BCUT2D eigenvalue weighted by Gasteiger charge is -2.20. The van der Waals surface area contributed by atoms with Crippen molar-refractivity contribution in [3.63, 3.8) is 0 Å². The van der Waals surface area contributed by atoms with E-state index in [4.69, 9.17) is 4.74 Å². The third kappa shape index (κ3) is 5.49. The van der Waals surface area contributed by atoms with E-state index in [1.54, 1.807) is 39.8 Å². The Morgan fingerprint density at radius 1 is 0.893 bits per heavy atom. The van der Waals surface area contributed by atoms with Crippen LogP contribution in [0.15, 0.2) is 53.7 Å². The number of carboxylic acids is 1. The van der Waals surface area contributed by atoms with Gasteiger partial charge in [-0.05, 0) is 62.1 Å². The lowest BCUT2D eigenvalue weighted by atomic mass is 9.85.